The lowest BCUT2D eigenvalue weighted by molar-refractivity contribution is 0.266. The van der Waals surface area contributed by atoms with Crippen molar-refractivity contribution in [1.29, 1.82) is 0 Å². The molecule has 0 radical (unpaired) electrons. The summed E-state index contributed by atoms with van der Waals surface area (Å²) >= 11 is 0. The van der Waals surface area contributed by atoms with E-state index in [1.165, 1.54) is 12.1 Å². The van der Waals surface area contributed by atoms with Gasteiger partial charge in [0.2, 0.25) is 5.95 Å². The van der Waals surface area contributed by atoms with E-state index in [0.717, 1.165) is 5.56 Å². The second-order valence-corrected chi connectivity index (χ2v) is 7.06. The number of nitrogens with zero attached hydrogens (tertiary/aromatic N) is 2. The molecule has 7 nitrogen and oxygen atoms in total. The molecule has 162 valence electrons. The Kier molecular flexibility index (Phi) is 7.37. The molecule has 2 N–H and O–H groups in total. The Morgan fingerprint density at radius 2 is 1.97 bits per heavy atom. The third-order valence-corrected chi connectivity index (χ3v) is 4.35. The summed E-state index contributed by atoms with van der Waals surface area (Å²) in [6.07, 6.45) is 1.57. The number of hydrogen-bond acceptors (Lipinski definition) is 6. The number of H-pyrrole nitrogens is 1. The number of benzene rings is 2. The van der Waals surface area contributed by atoms with Crippen LogP contribution >= 0.6 is 0 Å². The maximum atomic E-state index is 13.8. The van der Waals surface area contributed by atoms with Crippen LogP contribution in [0.5, 0.6) is 11.5 Å². The SMILES string of the molecule is CCOc1cc(/C=N\Nc2nc(C(C)C)cc(=O)[nH]2)ccc1OCc1ccccc1F. The monoisotopic (exact) mass is 424 g/mol. The van der Waals surface area contributed by atoms with Gasteiger partial charge < -0.3 is 9.47 Å². The molecule has 0 aliphatic heterocycles. The van der Waals surface area contributed by atoms with Gasteiger partial charge in [-0.3, -0.25) is 9.78 Å². The summed E-state index contributed by atoms with van der Waals surface area (Å²) in [7, 11) is 0. The van der Waals surface area contributed by atoms with Crippen LogP contribution in [0.3, 0.4) is 0 Å². The van der Waals surface area contributed by atoms with Crippen LogP contribution in [0.4, 0.5) is 10.3 Å². The Hall–Kier alpha value is -3.68. The number of halogens is 1. The van der Waals surface area contributed by atoms with E-state index in [1.807, 2.05) is 20.8 Å². The first kappa shape index (κ1) is 22.0. The van der Waals surface area contributed by atoms with Crippen LogP contribution in [0, 0.1) is 5.82 Å². The Morgan fingerprint density at radius 1 is 1.16 bits per heavy atom. The van der Waals surface area contributed by atoms with Gasteiger partial charge in [-0.05, 0) is 42.7 Å². The van der Waals surface area contributed by atoms with Crippen LogP contribution in [0.2, 0.25) is 0 Å². The molecule has 3 aromatic rings. The van der Waals surface area contributed by atoms with Gasteiger partial charge >= 0.3 is 0 Å². The molecule has 0 saturated heterocycles. The third kappa shape index (κ3) is 6.15. The number of hydrazone groups is 1. The van der Waals surface area contributed by atoms with Crippen molar-refractivity contribution in [1.82, 2.24) is 9.97 Å². The van der Waals surface area contributed by atoms with Crippen LogP contribution in [-0.2, 0) is 6.61 Å². The molecule has 1 heterocycles. The lowest BCUT2D eigenvalue weighted by Crippen LogP contribution is -2.12. The van der Waals surface area contributed by atoms with E-state index in [1.54, 1.807) is 42.6 Å². The van der Waals surface area contributed by atoms with E-state index >= 15 is 0 Å². The molecule has 0 aliphatic rings. The van der Waals surface area contributed by atoms with E-state index in [9.17, 15) is 9.18 Å². The average Bonchev–Trinajstić information content (AvgIpc) is 2.74. The van der Waals surface area contributed by atoms with Crippen molar-refractivity contribution >= 4 is 12.2 Å². The zero-order valence-electron chi connectivity index (χ0n) is 17.7. The van der Waals surface area contributed by atoms with Gasteiger partial charge in [0.1, 0.15) is 12.4 Å². The van der Waals surface area contributed by atoms with Gasteiger partial charge in [0, 0.05) is 11.6 Å². The van der Waals surface area contributed by atoms with Crippen LogP contribution in [0.25, 0.3) is 0 Å². The second-order valence-electron chi connectivity index (χ2n) is 7.06. The van der Waals surface area contributed by atoms with Gasteiger partial charge in [0.15, 0.2) is 11.5 Å². The van der Waals surface area contributed by atoms with E-state index in [4.69, 9.17) is 9.47 Å². The van der Waals surface area contributed by atoms with Crippen molar-refractivity contribution < 1.29 is 13.9 Å². The first-order valence-electron chi connectivity index (χ1n) is 9.99. The van der Waals surface area contributed by atoms with Crippen LogP contribution in [0.1, 0.15) is 43.5 Å². The summed E-state index contributed by atoms with van der Waals surface area (Å²) in [6.45, 7) is 6.32. The predicted octanol–water partition coefficient (Wildman–Crippen LogP) is 4.46. The lowest BCUT2D eigenvalue weighted by atomic mass is 10.1. The topological polar surface area (TPSA) is 88.6 Å². The van der Waals surface area contributed by atoms with E-state index in [-0.39, 0.29) is 29.8 Å². The normalized spacial score (nSPS) is 11.1. The molecular formula is C23H25FN4O3. The minimum Gasteiger partial charge on any atom is -0.490 e. The standard InChI is InChI=1S/C23H25FN4O3/c1-4-30-21-11-16(9-10-20(21)31-14-17-7-5-6-8-18(17)24)13-25-28-23-26-19(15(2)3)12-22(29)27-23/h5-13,15H,4,14H2,1-3H3,(H2,26,27,28,29)/b25-13-. The number of rotatable bonds is 9. The van der Waals surface area contributed by atoms with Crippen molar-refractivity contribution in [3.8, 4) is 11.5 Å². The molecule has 0 saturated carbocycles. The molecule has 1 aromatic heterocycles. The van der Waals surface area contributed by atoms with E-state index in [2.05, 4.69) is 20.5 Å². The fraction of sp³-hybridized carbons (Fsp3) is 0.261. The third-order valence-electron chi connectivity index (χ3n) is 4.35. The Bertz CT molecular complexity index is 1110. The summed E-state index contributed by atoms with van der Waals surface area (Å²) in [4.78, 5) is 18.7. The average molecular weight is 424 g/mol. The van der Waals surface area contributed by atoms with Crippen molar-refractivity contribution in [2.45, 2.75) is 33.3 Å². The highest BCUT2D eigenvalue weighted by Crippen LogP contribution is 2.29. The maximum Gasteiger partial charge on any atom is 0.252 e. The van der Waals surface area contributed by atoms with E-state index < -0.39 is 0 Å². The number of aromatic nitrogens is 2. The van der Waals surface area contributed by atoms with Gasteiger partial charge in [0.25, 0.3) is 5.56 Å². The molecule has 0 atom stereocenters. The lowest BCUT2D eigenvalue weighted by Gasteiger charge is -2.13. The van der Waals surface area contributed by atoms with Crippen LogP contribution < -0.4 is 20.5 Å². The fourth-order valence-corrected chi connectivity index (χ4v) is 2.76. The predicted molar refractivity (Wildman–Crippen MR) is 119 cm³/mol. The summed E-state index contributed by atoms with van der Waals surface area (Å²) in [5.41, 5.74) is 4.38. The molecule has 0 unspecified atom stereocenters. The molecule has 2 aromatic carbocycles. The molecule has 31 heavy (non-hydrogen) atoms. The van der Waals surface area contributed by atoms with Gasteiger partial charge in [0.05, 0.1) is 18.5 Å². The van der Waals surface area contributed by atoms with Gasteiger partial charge in [-0.15, -0.1) is 0 Å². The quantitative estimate of drug-likeness (QED) is 0.391. The summed E-state index contributed by atoms with van der Waals surface area (Å²) < 4.78 is 25.2. The smallest absolute Gasteiger partial charge is 0.252 e. The molecule has 0 bridgehead atoms. The molecule has 0 aliphatic carbocycles. The Balaban J connectivity index is 1.71. The van der Waals surface area contributed by atoms with Crippen molar-refractivity contribution in [3.05, 3.63) is 81.5 Å². The molecule has 3 rings (SSSR count). The van der Waals surface area contributed by atoms with E-state index in [0.29, 0.717) is 29.4 Å². The van der Waals surface area contributed by atoms with Gasteiger partial charge in [-0.2, -0.15) is 5.10 Å². The Labute approximate surface area is 180 Å². The minimum absolute atomic E-state index is 0.0902. The first-order valence-corrected chi connectivity index (χ1v) is 9.99. The number of aromatic amines is 1. The van der Waals surface area contributed by atoms with Crippen LogP contribution in [0.15, 0.2) is 58.4 Å². The number of ether oxygens (including phenoxy) is 2. The molecule has 8 heteroatoms. The largest absolute Gasteiger partial charge is 0.490 e. The molecule has 0 spiro atoms. The second kappa shape index (κ2) is 10.4. The molecule has 0 fully saturated rings. The van der Waals surface area contributed by atoms with Gasteiger partial charge in [-0.25, -0.2) is 14.8 Å². The highest BCUT2D eigenvalue weighted by molar-refractivity contribution is 5.81. The zero-order chi connectivity index (χ0) is 22.2. The van der Waals surface area contributed by atoms with Crippen molar-refractivity contribution in [2.24, 2.45) is 5.10 Å². The van der Waals surface area contributed by atoms with Crippen LogP contribution in [-0.4, -0.2) is 22.8 Å². The highest BCUT2D eigenvalue weighted by Gasteiger charge is 2.09. The Morgan fingerprint density at radius 3 is 2.71 bits per heavy atom. The van der Waals surface area contributed by atoms with Crippen molar-refractivity contribution in [3.63, 3.8) is 0 Å². The number of hydrogen-bond donors (Lipinski definition) is 2. The fourth-order valence-electron chi connectivity index (χ4n) is 2.76. The summed E-state index contributed by atoms with van der Waals surface area (Å²) in [5, 5.41) is 4.14. The molecule has 0 amide bonds. The maximum absolute atomic E-state index is 13.8. The number of anilines is 1. The van der Waals surface area contributed by atoms with Gasteiger partial charge in [-0.1, -0.05) is 32.0 Å². The molecular weight excluding hydrogens is 399 g/mol. The number of nitrogens with one attached hydrogen (secondary N) is 2. The zero-order valence-corrected chi connectivity index (χ0v) is 17.7. The summed E-state index contributed by atoms with van der Waals surface area (Å²) in [6, 6.07) is 13.2. The first-order chi connectivity index (χ1) is 15.0. The highest BCUT2D eigenvalue weighted by atomic mass is 19.1. The minimum atomic E-state index is -0.316. The van der Waals surface area contributed by atoms with Crippen molar-refractivity contribution in [2.75, 3.05) is 12.0 Å². The summed E-state index contributed by atoms with van der Waals surface area (Å²) in [5.74, 6) is 1.10.